The van der Waals surface area contributed by atoms with Gasteiger partial charge in [-0.05, 0) is 19.1 Å². The lowest BCUT2D eigenvalue weighted by Gasteiger charge is -2.13. The fourth-order valence-corrected chi connectivity index (χ4v) is 2.47. The Kier molecular flexibility index (Phi) is 4.57. The van der Waals surface area contributed by atoms with Gasteiger partial charge in [-0.1, -0.05) is 6.07 Å². The molecule has 102 valence electrons. The van der Waals surface area contributed by atoms with Gasteiger partial charge in [0.25, 0.3) is 0 Å². The summed E-state index contributed by atoms with van der Waals surface area (Å²) in [5.41, 5.74) is 0.632. The molecular formula is C13H14F2N2OS. The maximum atomic E-state index is 13.4. The van der Waals surface area contributed by atoms with Crippen LogP contribution in [0.1, 0.15) is 22.4 Å². The molecule has 0 aliphatic heterocycles. The number of halogens is 2. The highest BCUT2D eigenvalue weighted by Crippen LogP contribution is 2.20. The molecule has 6 heteroatoms. The van der Waals surface area contributed by atoms with Crippen LogP contribution < -0.4 is 5.32 Å². The number of rotatable bonds is 5. The van der Waals surface area contributed by atoms with Crippen molar-refractivity contribution in [2.45, 2.75) is 19.6 Å². The Morgan fingerprint density at radius 1 is 1.37 bits per heavy atom. The van der Waals surface area contributed by atoms with E-state index in [1.807, 2.05) is 12.3 Å². The monoisotopic (exact) mass is 284 g/mol. The smallest absolute Gasteiger partial charge is 0.131 e. The minimum Gasteiger partial charge on any atom is -0.387 e. The van der Waals surface area contributed by atoms with Gasteiger partial charge < -0.3 is 10.4 Å². The van der Waals surface area contributed by atoms with Crippen molar-refractivity contribution < 1.29 is 13.9 Å². The van der Waals surface area contributed by atoms with Crippen molar-refractivity contribution in [3.8, 4) is 0 Å². The van der Waals surface area contributed by atoms with Crippen LogP contribution in [-0.2, 0) is 6.54 Å². The fourth-order valence-electron chi connectivity index (χ4n) is 1.73. The minimum atomic E-state index is -1.22. The van der Waals surface area contributed by atoms with Gasteiger partial charge in [-0.3, -0.25) is 0 Å². The molecule has 1 unspecified atom stereocenters. The van der Waals surface area contributed by atoms with Crippen molar-refractivity contribution in [1.29, 1.82) is 0 Å². The highest BCUT2D eigenvalue weighted by atomic mass is 32.1. The van der Waals surface area contributed by atoms with E-state index in [1.54, 1.807) is 0 Å². The molecular weight excluding hydrogens is 270 g/mol. The summed E-state index contributed by atoms with van der Waals surface area (Å²) in [6.07, 6.45) is -1.22. The fraction of sp³-hybridized carbons (Fsp3) is 0.308. The molecule has 2 aromatic rings. The number of nitrogens with zero attached hydrogens (tertiary/aromatic N) is 1. The number of aliphatic hydroxyl groups excluding tert-OH is 1. The zero-order valence-corrected chi connectivity index (χ0v) is 11.2. The summed E-state index contributed by atoms with van der Waals surface area (Å²) >= 11 is 1.50. The SMILES string of the molecule is Cc1csc(CNCC(O)c2c(F)cccc2F)n1. The van der Waals surface area contributed by atoms with Crippen LogP contribution in [0.5, 0.6) is 0 Å². The molecule has 0 aliphatic carbocycles. The summed E-state index contributed by atoms with van der Waals surface area (Å²) in [5, 5.41) is 15.5. The number of nitrogens with one attached hydrogen (secondary N) is 1. The second-order valence-corrected chi connectivity index (χ2v) is 5.11. The molecule has 0 spiro atoms. The summed E-state index contributed by atoms with van der Waals surface area (Å²) in [6.45, 7) is 2.42. The van der Waals surface area contributed by atoms with Crippen molar-refractivity contribution in [2.24, 2.45) is 0 Å². The van der Waals surface area contributed by atoms with Crippen LogP contribution in [0.2, 0.25) is 0 Å². The third-order valence-corrected chi connectivity index (χ3v) is 3.58. The van der Waals surface area contributed by atoms with Gasteiger partial charge in [-0.25, -0.2) is 13.8 Å². The van der Waals surface area contributed by atoms with Crippen LogP contribution >= 0.6 is 11.3 Å². The van der Waals surface area contributed by atoms with Gasteiger partial charge in [0.15, 0.2) is 0 Å². The van der Waals surface area contributed by atoms with E-state index in [2.05, 4.69) is 10.3 Å². The van der Waals surface area contributed by atoms with Crippen LogP contribution in [0, 0.1) is 18.6 Å². The van der Waals surface area contributed by atoms with Crippen LogP contribution in [0.15, 0.2) is 23.6 Å². The number of aliphatic hydroxyl groups is 1. The van der Waals surface area contributed by atoms with E-state index < -0.39 is 17.7 Å². The second kappa shape index (κ2) is 6.18. The van der Waals surface area contributed by atoms with Crippen LogP contribution in [-0.4, -0.2) is 16.6 Å². The number of benzene rings is 1. The van der Waals surface area contributed by atoms with Gasteiger partial charge in [0, 0.05) is 24.2 Å². The molecule has 0 aliphatic rings. The van der Waals surface area contributed by atoms with Crippen molar-refractivity contribution in [1.82, 2.24) is 10.3 Å². The number of hydrogen-bond donors (Lipinski definition) is 2. The molecule has 1 atom stereocenters. The van der Waals surface area contributed by atoms with Crippen LogP contribution in [0.3, 0.4) is 0 Å². The number of hydrogen-bond acceptors (Lipinski definition) is 4. The maximum Gasteiger partial charge on any atom is 0.131 e. The normalized spacial score (nSPS) is 12.6. The highest BCUT2D eigenvalue weighted by molar-refractivity contribution is 7.09. The lowest BCUT2D eigenvalue weighted by molar-refractivity contribution is 0.164. The first-order valence-electron chi connectivity index (χ1n) is 5.81. The number of aryl methyl sites for hydroxylation is 1. The Bertz CT molecular complexity index is 539. The zero-order chi connectivity index (χ0) is 13.8. The predicted octanol–water partition coefficient (Wildman–Crippen LogP) is 2.55. The van der Waals surface area contributed by atoms with Crippen molar-refractivity contribution in [3.05, 3.63) is 51.5 Å². The summed E-state index contributed by atoms with van der Waals surface area (Å²) < 4.78 is 26.8. The van der Waals surface area contributed by atoms with E-state index in [9.17, 15) is 13.9 Å². The van der Waals surface area contributed by atoms with E-state index in [0.717, 1.165) is 22.8 Å². The average molecular weight is 284 g/mol. The van der Waals surface area contributed by atoms with Gasteiger partial charge in [-0.2, -0.15) is 0 Å². The van der Waals surface area contributed by atoms with Gasteiger partial charge in [0.05, 0.1) is 11.7 Å². The largest absolute Gasteiger partial charge is 0.387 e. The summed E-state index contributed by atoms with van der Waals surface area (Å²) in [6, 6.07) is 3.53. The highest BCUT2D eigenvalue weighted by Gasteiger charge is 2.17. The lowest BCUT2D eigenvalue weighted by atomic mass is 10.1. The standard InChI is InChI=1S/C13H14F2N2OS/c1-8-7-19-12(17-8)6-16-5-11(18)13-9(14)3-2-4-10(13)15/h2-4,7,11,16,18H,5-6H2,1H3. The van der Waals surface area contributed by atoms with Crippen molar-refractivity contribution >= 4 is 11.3 Å². The number of thiazole rings is 1. The Morgan fingerprint density at radius 2 is 2.05 bits per heavy atom. The van der Waals surface area contributed by atoms with E-state index in [-0.39, 0.29) is 12.1 Å². The molecule has 2 N–H and O–H groups in total. The van der Waals surface area contributed by atoms with Crippen molar-refractivity contribution in [3.63, 3.8) is 0 Å². The first-order chi connectivity index (χ1) is 9.08. The second-order valence-electron chi connectivity index (χ2n) is 4.16. The average Bonchev–Trinajstić information content (AvgIpc) is 2.75. The third kappa shape index (κ3) is 3.56. The molecule has 0 fully saturated rings. The van der Waals surface area contributed by atoms with Crippen LogP contribution in [0.4, 0.5) is 8.78 Å². The summed E-state index contributed by atoms with van der Waals surface area (Å²) in [4.78, 5) is 4.24. The minimum absolute atomic E-state index is 0.0660. The first-order valence-corrected chi connectivity index (χ1v) is 6.69. The van der Waals surface area contributed by atoms with E-state index in [1.165, 1.54) is 17.4 Å². The molecule has 0 amide bonds. The Morgan fingerprint density at radius 3 is 2.63 bits per heavy atom. The summed E-state index contributed by atoms with van der Waals surface area (Å²) in [5.74, 6) is -1.47. The third-order valence-electron chi connectivity index (χ3n) is 2.61. The Balaban J connectivity index is 1.92. The molecule has 1 heterocycles. The molecule has 0 saturated heterocycles. The van der Waals surface area contributed by atoms with Gasteiger partial charge >= 0.3 is 0 Å². The van der Waals surface area contributed by atoms with Gasteiger partial charge in [0.1, 0.15) is 16.6 Å². The predicted molar refractivity (Wildman–Crippen MR) is 69.9 cm³/mol. The van der Waals surface area contributed by atoms with E-state index in [4.69, 9.17) is 0 Å². The zero-order valence-electron chi connectivity index (χ0n) is 10.4. The van der Waals surface area contributed by atoms with Crippen LogP contribution in [0.25, 0.3) is 0 Å². The maximum absolute atomic E-state index is 13.4. The molecule has 0 radical (unpaired) electrons. The summed E-state index contributed by atoms with van der Waals surface area (Å²) in [7, 11) is 0. The van der Waals surface area contributed by atoms with Gasteiger partial charge in [0.2, 0.25) is 0 Å². The lowest BCUT2D eigenvalue weighted by Crippen LogP contribution is -2.22. The van der Waals surface area contributed by atoms with E-state index in [0.29, 0.717) is 6.54 Å². The molecule has 1 aromatic carbocycles. The molecule has 19 heavy (non-hydrogen) atoms. The quantitative estimate of drug-likeness (QED) is 0.887. The molecule has 0 bridgehead atoms. The molecule has 2 rings (SSSR count). The number of aromatic nitrogens is 1. The Labute approximate surface area is 113 Å². The molecule has 3 nitrogen and oxygen atoms in total. The topological polar surface area (TPSA) is 45.1 Å². The Hall–Kier alpha value is -1.37. The molecule has 1 aromatic heterocycles. The van der Waals surface area contributed by atoms with Crippen molar-refractivity contribution in [2.75, 3.05) is 6.54 Å². The molecule has 0 saturated carbocycles. The van der Waals surface area contributed by atoms with Gasteiger partial charge in [-0.15, -0.1) is 11.3 Å². The first kappa shape index (κ1) is 14.0. The van der Waals surface area contributed by atoms with E-state index >= 15 is 0 Å².